The Morgan fingerprint density at radius 1 is 0.960 bits per heavy atom. The Kier molecular flexibility index (Phi) is 3.51. The van der Waals surface area contributed by atoms with Gasteiger partial charge in [-0.15, -0.1) is 0 Å². The fourth-order valence-electron chi connectivity index (χ4n) is 2.88. The molecule has 0 bridgehead atoms. The minimum absolute atomic E-state index is 0.159. The first kappa shape index (κ1) is 15.0. The molecule has 0 spiro atoms. The number of aromatic hydroxyl groups is 1. The first-order chi connectivity index (χ1) is 12.1. The van der Waals surface area contributed by atoms with Crippen molar-refractivity contribution >= 4 is 23.4 Å². The predicted molar refractivity (Wildman–Crippen MR) is 100 cm³/mol. The van der Waals surface area contributed by atoms with Crippen LogP contribution in [-0.2, 0) is 0 Å². The van der Waals surface area contributed by atoms with Gasteiger partial charge in [-0.1, -0.05) is 49.0 Å². The Hall–Kier alpha value is -3.53. The highest BCUT2D eigenvalue weighted by atomic mass is 16.3. The molecule has 0 unspecified atom stereocenters. The molecule has 4 rings (SSSR count). The summed E-state index contributed by atoms with van der Waals surface area (Å²) in [7, 11) is 0. The minimum atomic E-state index is -0.159. The zero-order valence-corrected chi connectivity index (χ0v) is 13.4. The molecule has 0 aliphatic heterocycles. The van der Waals surface area contributed by atoms with E-state index in [4.69, 9.17) is 0 Å². The number of rotatable bonds is 2. The summed E-state index contributed by atoms with van der Waals surface area (Å²) in [5, 5.41) is 15.6. The van der Waals surface area contributed by atoms with Gasteiger partial charge in [-0.2, -0.15) is 0 Å². The second-order valence-electron chi connectivity index (χ2n) is 5.91. The van der Waals surface area contributed by atoms with Gasteiger partial charge in [0.2, 0.25) is 0 Å². The molecule has 0 fully saturated rings. The quantitative estimate of drug-likeness (QED) is 0.593. The summed E-state index contributed by atoms with van der Waals surface area (Å²) in [6, 6.07) is 20.6. The molecule has 4 nitrogen and oxygen atoms in total. The second kappa shape index (κ2) is 5.83. The summed E-state index contributed by atoms with van der Waals surface area (Å²) in [6.45, 7) is 3.95. The zero-order chi connectivity index (χ0) is 17.4. The summed E-state index contributed by atoms with van der Waals surface area (Å²) in [5.41, 5.74) is 1.43. The van der Waals surface area contributed by atoms with E-state index in [1.807, 2.05) is 42.5 Å². The molecule has 0 saturated heterocycles. The molecule has 25 heavy (non-hydrogen) atoms. The fraction of sp³-hybridized carbons (Fsp3) is 0. The number of nitrogens with zero attached hydrogens (tertiary/aromatic N) is 1. The van der Waals surface area contributed by atoms with Crippen LogP contribution in [0.1, 0.15) is 5.56 Å². The number of H-pyrrole nitrogens is 1. The van der Waals surface area contributed by atoms with Crippen LogP contribution in [0.3, 0.4) is 0 Å². The van der Waals surface area contributed by atoms with Crippen molar-refractivity contribution in [1.29, 1.82) is 0 Å². The van der Waals surface area contributed by atoms with Gasteiger partial charge in [0.15, 0.2) is 0 Å². The number of nitrogens with one attached hydrogen (secondary N) is 1. The predicted octanol–water partition coefficient (Wildman–Crippen LogP) is 2.26. The lowest BCUT2D eigenvalue weighted by Crippen LogP contribution is -2.33. The van der Waals surface area contributed by atoms with Gasteiger partial charge in [-0.3, -0.25) is 9.89 Å². The number of fused-ring (bicyclic) bond motifs is 1. The smallest absolute Gasteiger partial charge is 0.279 e. The van der Waals surface area contributed by atoms with Gasteiger partial charge < -0.3 is 5.11 Å². The average Bonchev–Trinajstić information content (AvgIpc) is 2.91. The zero-order valence-electron chi connectivity index (χ0n) is 13.4. The van der Waals surface area contributed by atoms with Crippen molar-refractivity contribution < 1.29 is 5.11 Å². The van der Waals surface area contributed by atoms with Crippen molar-refractivity contribution in [2.75, 3.05) is 0 Å². The number of hydrogen-bond acceptors (Lipinski definition) is 2. The summed E-state index contributed by atoms with van der Waals surface area (Å²) in [4.78, 5) is 12.8. The number of benzene rings is 3. The monoisotopic (exact) mass is 328 g/mol. The summed E-state index contributed by atoms with van der Waals surface area (Å²) < 4.78 is 1.50. The van der Waals surface area contributed by atoms with Crippen molar-refractivity contribution in [3.8, 4) is 11.4 Å². The van der Waals surface area contributed by atoms with Gasteiger partial charge >= 0.3 is 0 Å². The number of aromatic nitrogens is 2. The van der Waals surface area contributed by atoms with Crippen LogP contribution in [0, 0.1) is 0 Å². The lowest BCUT2D eigenvalue weighted by Gasteiger charge is -2.03. The third-order valence-electron chi connectivity index (χ3n) is 4.20. The van der Waals surface area contributed by atoms with E-state index in [0.717, 1.165) is 22.0 Å². The van der Waals surface area contributed by atoms with Crippen LogP contribution in [0.25, 0.3) is 29.1 Å². The lowest BCUT2D eigenvalue weighted by molar-refractivity contribution is 0.475. The third-order valence-corrected chi connectivity index (χ3v) is 4.20. The topological polar surface area (TPSA) is 58.0 Å². The molecule has 4 aromatic rings. The maximum atomic E-state index is 12.8. The molecule has 122 valence electrons. The Morgan fingerprint density at radius 2 is 1.68 bits per heavy atom. The largest absolute Gasteiger partial charge is 0.508 e. The van der Waals surface area contributed by atoms with Gasteiger partial charge in [0, 0.05) is 0 Å². The SMILES string of the molecule is C=c1[nH]n(-c2ccc3ccccc3c2)c(=O)/c1=C/c1ccc(O)cc1. The van der Waals surface area contributed by atoms with Crippen LogP contribution in [0.5, 0.6) is 5.75 Å². The Labute approximate surface area is 143 Å². The van der Waals surface area contributed by atoms with E-state index in [9.17, 15) is 9.90 Å². The van der Waals surface area contributed by atoms with E-state index in [1.54, 1.807) is 30.3 Å². The summed E-state index contributed by atoms with van der Waals surface area (Å²) in [6.07, 6.45) is 1.76. The van der Waals surface area contributed by atoms with Crippen molar-refractivity contribution in [3.63, 3.8) is 0 Å². The number of aromatic amines is 1. The Bertz CT molecular complexity index is 1230. The van der Waals surface area contributed by atoms with Gasteiger partial charge in [0.1, 0.15) is 5.75 Å². The average molecular weight is 328 g/mol. The fourth-order valence-corrected chi connectivity index (χ4v) is 2.88. The van der Waals surface area contributed by atoms with Crippen LogP contribution in [0.4, 0.5) is 0 Å². The summed E-state index contributed by atoms with van der Waals surface area (Å²) >= 11 is 0. The highest BCUT2D eigenvalue weighted by Crippen LogP contribution is 2.16. The molecule has 1 aromatic heterocycles. The summed E-state index contributed by atoms with van der Waals surface area (Å²) in [5.74, 6) is 0.189. The maximum Gasteiger partial charge on any atom is 0.279 e. The van der Waals surface area contributed by atoms with E-state index in [2.05, 4.69) is 11.7 Å². The molecule has 3 aromatic carbocycles. The first-order valence-electron chi connectivity index (χ1n) is 7.92. The third kappa shape index (κ3) is 2.74. The van der Waals surface area contributed by atoms with E-state index in [0.29, 0.717) is 10.6 Å². The van der Waals surface area contributed by atoms with E-state index in [1.165, 1.54) is 4.68 Å². The Balaban J connectivity index is 1.88. The molecule has 0 aliphatic rings. The lowest BCUT2D eigenvalue weighted by atomic mass is 10.1. The minimum Gasteiger partial charge on any atom is -0.508 e. The maximum absolute atomic E-state index is 12.8. The highest BCUT2D eigenvalue weighted by molar-refractivity contribution is 5.84. The van der Waals surface area contributed by atoms with Gasteiger partial charge in [-0.05, 0) is 46.7 Å². The van der Waals surface area contributed by atoms with Crippen molar-refractivity contribution in [2.45, 2.75) is 0 Å². The molecule has 0 amide bonds. The van der Waals surface area contributed by atoms with Crippen LogP contribution >= 0.6 is 0 Å². The molecular formula is C21H16N2O2. The molecule has 4 heteroatoms. The number of hydrogen-bond donors (Lipinski definition) is 2. The Morgan fingerprint density at radius 3 is 2.44 bits per heavy atom. The van der Waals surface area contributed by atoms with E-state index >= 15 is 0 Å². The van der Waals surface area contributed by atoms with Crippen molar-refractivity contribution in [3.05, 3.63) is 93.2 Å². The van der Waals surface area contributed by atoms with E-state index in [-0.39, 0.29) is 11.3 Å². The number of phenolic OH excluding ortho intramolecular Hbond substituents is 1. The molecule has 2 N–H and O–H groups in total. The van der Waals surface area contributed by atoms with Crippen molar-refractivity contribution in [1.82, 2.24) is 9.78 Å². The highest BCUT2D eigenvalue weighted by Gasteiger charge is 2.05. The van der Waals surface area contributed by atoms with Gasteiger partial charge in [0.25, 0.3) is 5.56 Å². The van der Waals surface area contributed by atoms with Crippen LogP contribution in [-0.4, -0.2) is 14.9 Å². The van der Waals surface area contributed by atoms with Crippen LogP contribution in [0.15, 0.2) is 71.5 Å². The van der Waals surface area contributed by atoms with E-state index < -0.39 is 0 Å². The molecule has 0 atom stereocenters. The molecule has 0 radical (unpaired) electrons. The molecular weight excluding hydrogens is 312 g/mol. The first-order valence-corrected chi connectivity index (χ1v) is 7.92. The van der Waals surface area contributed by atoms with Crippen LogP contribution < -0.4 is 16.1 Å². The molecule has 0 aliphatic carbocycles. The van der Waals surface area contributed by atoms with Crippen LogP contribution in [0.2, 0.25) is 0 Å². The second-order valence-corrected chi connectivity index (χ2v) is 5.91. The van der Waals surface area contributed by atoms with Gasteiger partial charge in [0.05, 0.1) is 16.3 Å². The standard InChI is InChI=1S/C21H16N2O2/c1-14-20(12-15-6-10-19(24)11-7-15)21(25)23(22-14)18-9-8-16-4-2-3-5-17(16)13-18/h2-13,22,24H,1H2/b20-12+. The molecule has 0 saturated carbocycles. The molecule has 1 heterocycles. The normalized spacial score (nSPS) is 11.9. The number of phenols is 1. The van der Waals surface area contributed by atoms with Gasteiger partial charge in [-0.25, -0.2) is 4.68 Å². The van der Waals surface area contributed by atoms with Crippen molar-refractivity contribution in [2.24, 2.45) is 0 Å².